The van der Waals surface area contributed by atoms with Crippen molar-refractivity contribution in [3.05, 3.63) is 64.2 Å². The van der Waals surface area contributed by atoms with Gasteiger partial charge in [0.05, 0.1) is 17.7 Å². The molecule has 0 unspecified atom stereocenters. The Labute approximate surface area is 170 Å². The SMILES string of the molecule is COC(=O)c1cc(NC(=O)C2CCN(Cc3ccc(C)cc3)CC2)ccc1Cl. The van der Waals surface area contributed by atoms with Crippen LogP contribution in [0.4, 0.5) is 5.69 Å². The number of nitrogens with one attached hydrogen (secondary N) is 1. The Balaban J connectivity index is 1.54. The number of carbonyl (C=O) groups excluding carboxylic acids is 2. The Morgan fingerprint density at radius 1 is 1.14 bits per heavy atom. The van der Waals surface area contributed by atoms with Crippen molar-refractivity contribution < 1.29 is 14.3 Å². The van der Waals surface area contributed by atoms with E-state index in [0.29, 0.717) is 10.7 Å². The number of hydrogen-bond donors (Lipinski definition) is 1. The van der Waals surface area contributed by atoms with Crippen LogP contribution in [-0.2, 0) is 16.1 Å². The molecule has 6 heteroatoms. The average Bonchev–Trinajstić information content (AvgIpc) is 2.71. The number of carbonyl (C=O) groups is 2. The van der Waals surface area contributed by atoms with Gasteiger partial charge in [-0.15, -0.1) is 0 Å². The second-order valence-electron chi connectivity index (χ2n) is 7.21. The number of aryl methyl sites for hydroxylation is 1. The second kappa shape index (κ2) is 9.22. The summed E-state index contributed by atoms with van der Waals surface area (Å²) in [5.41, 5.74) is 3.36. The largest absolute Gasteiger partial charge is 0.465 e. The fourth-order valence-corrected chi connectivity index (χ4v) is 3.61. The number of benzene rings is 2. The predicted molar refractivity (Wildman–Crippen MR) is 111 cm³/mol. The van der Waals surface area contributed by atoms with Crippen molar-refractivity contribution in [2.45, 2.75) is 26.3 Å². The highest BCUT2D eigenvalue weighted by molar-refractivity contribution is 6.33. The third kappa shape index (κ3) is 5.12. The van der Waals surface area contributed by atoms with Gasteiger partial charge in [-0.2, -0.15) is 0 Å². The maximum atomic E-state index is 12.6. The minimum atomic E-state index is -0.523. The fourth-order valence-electron chi connectivity index (χ4n) is 3.42. The first-order chi connectivity index (χ1) is 13.5. The van der Waals surface area contributed by atoms with E-state index in [2.05, 4.69) is 41.4 Å². The van der Waals surface area contributed by atoms with Crippen LogP contribution in [0.25, 0.3) is 0 Å². The van der Waals surface area contributed by atoms with Crippen molar-refractivity contribution in [2.75, 3.05) is 25.5 Å². The highest BCUT2D eigenvalue weighted by atomic mass is 35.5. The van der Waals surface area contributed by atoms with Gasteiger partial charge in [0.15, 0.2) is 0 Å². The molecule has 1 N–H and O–H groups in total. The van der Waals surface area contributed by atoms with E-state index < -0.39 is 5.97 Å². The number of likely N-dealkylation sites (tertiary alicyclic amines) is 1. The van der Waals surface area contributed by atoms with E-state index in [1.807, 2.05) is 0 Å². The Bertz CT molecular complexity index is 843. The molecule has 0 saturated carbocycles. The maximum absolute atomic E-state index is 12.6. The molecule has 1 aliphatic heterocycles. The van der Waals surface area contributed by atoms with Gasteiger partial charge in [-0.25, -0.2) is 4.79 Å². The van der Waals surface area contributed by atoms with E-state index in [1.54, 1.807) is 18.2 Å². The van der Waals surface area contributed by atoms with Crippen LogP contribution in [0.5, 0.6) is 0 Å². The number of methoxy groups -OCH3 is 1. The van der Waals surface area contributed by atoms with E-state index in [1.165, 1.54) is 18.2 Å². The number of hydrogen-bond acceptors (Lipinski definition) is 4. The van der Waals surface area contributed by atoms with Crippen molar-refractivity contribution in [2.24, 2.45) is 5.92 Å². The van der Waals surface area contributed by atoms with Crippen LogP contribution in [0.1, 0.15) is 34.3 Å². The molecule has 1 amide bonds. The number of halogens is 1. The quantitative estimate of drug-likeness (QED) is 0.761. The van der Waals surface area contributed by atoms with Gasteiger partial charge in [0.1, 0.15) is 0 Å². The molecule has 0 aromatic heterocycles. The van der Waals surface area contributed by atoms with E-state index in [4.69, 9.17) is 16.3 Å². The zero-order valence-electron chi connectivity index (χ0n) is 16.2. The van der Waals surface area contributed by atoms with Gasteiger partial charge < -0.3 is 10.1 Å². The number of nitrogens with zero attached hydrogens (tertiary/aromatic N) is 1. The smallest absolute Gasteiger partial charge is 0.339 e. The molecule has 0 atom stereocenters. The molecule has 1 fully saturated rings. The van der Waals surface area contributed by atoms with E-state index in [0.717, 1.165) is 32.5 Å². The lowest BCUT2D eigenvalue weighted by Gasteiger charge is -2.31. The van der Waals surface area contributed by atoms with Crippen molar-refractivity contribution in [3.8, 4) is 0 Å². The zero-order valence-corrected chi connectivity index (χ0v) is 17.0. The maximum Gasteiger partial charge on any atom is 0.339 e. The van der Waals surface area contributed by atoms with Gasteiger partial charge in [0.25, 0.3) is 0 Å². The van der Waals surface area contributed by atoms with Crippen LogP contribution in [0, 0.1) is 12.8 Å². The molecular formula is C22H25ClN2O3. The number of anilines is 1. The second-order valence-corrected chi connectivity index (χ2v) is 7.62. The molecule has 1 aliphatic rings. The summed E-state index contributed by atoms with van der Waals surface area (Å²) in [6.45, 7) is 4.77. The summed E-state index contributed by atoms with van der Waals surface area (Å²) in [4.78, 5) is 26.8. The molecular weight excluding hydrogens is 376 g/mol. The summed E-state index contributed by atoms with van der Waals surface area (Å²) in [5.74, 6) is -0.579. The molecule has 1 heterocycles. The van der Waals surface area contributed by atoms with Crippen molar-refractivity contribution in [1.29, 1.82) is 0 Å². The minimum Gasteiger partial charge on any atom is -0.465 e. The van der Waals surface area contributed by atoms with Crippen LogP contribution in [0.3, 0.4) is 0 Å². The van der Waals surface area contributed by atoms with E-state index >= 15 is 0 Å². The van der Waals surface area contributed by atoms with Crippen LogP contribution >= 0.6 is 11.6 Å². The lowest BCUT2D eigenvalue weighted by molar-refractivity contribution is -0.121. The number of rotatable bonds is 5. The molecule has 0 radical (unpaired) electrons. The summed E-state index contributed by atoms with van der Waals surface area (Å²) in [6, 6.07) is 13.4. The summed E-state index contributed by atoms with van der Waals surface area (Å²) in [6.07, 6.45) is 1.63. The lowest BCUT2D eigenvalue weighted by atomic mass is 9.95. The number of esters is 1. The first kappa shape index (κ1) is 20.4. The number of ether oxygens (including phenoxy) is 1. The third-order valence-corrected chi connectivity index (χ3v) is 5.45. The molecule has 148 valence electrons. The van der Waals surface area contributed by atoms with Gasteiger partial charge in [-0.1, -0.05) is 41.4 Å². The van der Waals surface area contributed by atoms with Gasteiger partial charge in [0, 0.05) is 18.2 Å². The van der Waals surface area contributed by atoms with Gasteiger partial charge in [-0.05, 0) is 56.6 Å². The van der Waals surface area contributed by atoms with Crippen molar-refractivity contribution >= 4 is 29.2 Å². The normalized spacial score (nSPS) is 15.2. The van der Waals surface area contributed by atoms with Crippen LogP contribution in [0.2, 0.25) is 5.02 Å². The van der Waals surface area contributed by atoms with Crippen molar-refractivity contribution in [3.63, 3.8) is 0 Å². The molecule has 0 bridgehead atoms. The van der Waals surface area contributed by atoms with E-state index in [-0.39, 0.29) is 17.4 Å². The van der Waals surface area contributed by atoms with Gasteiger partial charge in [-0.3, -0.25) is 9.69 Å². The third-order valence-electron chi connectivity index (χ3n) is 5.12. The lowest BCUT2D eigenvalue weighted by Crippen LogP contribution is -2.37. The monoisotopic (exact) mass is 400 g/mol. The molecule has 0 spiro atoms. The summed E-state index contributed by atoms with van der Waals surface area (Å²) in [5, 5.41) is 3.21. The molecule has 28 heavy (non-hydrogen) atoms. The highest BCUT2D eigenvalue weighted by Gasteiger charge is 2.25. The molecule has 1 saturated heterocycles. The number of piperidine rings is 1. The summed E-state index contributed by atoms with van der Waals surface area (Å²) in [7, 11) is 1.30. The molecule has 3 rings (SSSR count). The van der Waals surface area contributed by atoms with Gasteiger partial charge in [0.2, 0.25) is 5.91 Å². The van der Waals surface area contributed by atoms with Crippen LogP contribution < -0.4 is 5.32 Å². The Morgan fingerprint density at radius 2 is 1.82 bits per heavy atom. The Hall–Kier alpha value is -2.37. The highest BCUT2D eigenvalue weighted by Crippen LogP contribution is 2.24. The summed E-state index contributed by atoms with van der Waals surface area (Å²) >= 11 is 6.03. The molecule has 5 nitrogen and oxygen atoms in total. The summed E-state index contributed by atoms with van der Waals surface area (Å²) < 4.78 is 4.72. The molecule has 0 aliphatic carbocycles. The topological polar surface area (TPSA) is 58.6 Å². The van der Waals surface area contributed by atoms with Crippen LogP contribution in [0.15, 0.2) is 42.5 Å². The minimum absolute atomic E-state index is 0.0203. The Kier molecular flexibility index (Phi) is 6.70. The molecule has 2 aromatic carbocycles. The predicted octanol–water partition coefficient (Wildman–Crippen LogP) is 4.29. The average molecular weight is 401 g/mol. The van der Waals surface area contributed by atoms with Crippen molar-refractivity contribution in [1.82, 2.24) is 4.90 Å². The zero-order chi connectivity index (χ0) is 20.1. The molecule has 2 aromatic rings. The van der Waals surface area contributed by atoms with Crippen LogP contribution in [-0.4, -0.2) is 37.0 Å². The number of amides is 1. The standard InChI is InChI=1S/C22H25ClN2O3/c1-15-3-5-16(6-4-15)14-25-11-9-17(10-12-25)21(26)24-18-7-8-20(23)19(13-18)22(27)28-2/h3-8,13,17H,9-12,14H2,1-2H3,(H,24,26). The van der Waals surface area contributed by atoms with E-state index in [9.17, 15) is 9.59 Å². The fraction of sp³-hybridized carbons (Fsp3) is 0.364. The first-order valence-electron chi connectivity index (χ1n) is 9.43. The van der Waals surface area contributed by atoms with Gasteiger partial charge >= 0.3 is 5.97 Å². The Morgan fingerprint density at radius 3 is 2.46 bits per heavy atom. The first-order valence-corrected chi connectivity index (χ1v) is 9.80.